The molecule has 132 valence electrons. The van der Waals surface area contributed by atoms with Gasteiger partial charge in [-0.2, -0.15) is 0 Å². The van der Waals surface area contributed by atoms with Crippen LogP contribution in [-0.4, -0.2) is 25.1 Å². The van der Waals surface area contributed by atoms with Gasteiger partial charge in [-0.05, 0) is 35.7 Å². The van der Waals surface area contributed by atoms with E-state index in [0.717, 1.165) is 5.56 Å². The Kier molecular flexibility index (Phi) is 6.51. The van der Waals surface area contributed by atoms with Crippen LogP contribution in [0, 0.1) is 5.82 Å². The Bertz CT molecular complexity index is 746. The molecule has 0 saturated heterocycles. The molecule has 6 heteroatoms. The van der Waals surface area contributed by atoms with Gasteiger partial charge < -0.3 is 14.8 Å². The monoisotopic (exact) mass is 345 g/mol. The summed E-state index contributed by atoms with van der Waals surface area (Å²) in [6.45, 7) is 3.29. The molecule has 0 radical (unpaired) electrons. The largest absolute Gasteiger partial charge is 0.482 e. The summed E-state index contributed by atoms with van der Waals surface area (Å²) in [5, 5.41) is 2.44. The smallest absolute Gasteiger partial charge is 0.344 e. The van der Waals surface area contributed by atoms with E-state index in [4.69, 9.17) is 9.47 Å². The molecule has 1 N–H and O–H groups in total. The molecule has 0 aromatic heterocycles. The zero-order chi connectivity index (χ0) is 18.2. The van der Waals surface area contributed by atoms with Crippen molar-refractivity contribution in [3.63, 3.8) is 0 Å². The van der Waals surface area contributed by atoms with Crippen LogP contribution in [0.3, 0.4) is 0 Å². The van der Waals surface area contributed by atoms with Gasteiger partial charge in [0.15, 0.2) is 13.2 Å². The Morgan fingerprint density at radius 3 is 2.56 bits per heavy atom. The molecule has 0 atom stereocenters. The fraction of sp³-hybridized carbons (Fsp3) is 0.263. The molecule has 0 aliphatic carbocycles. The van der Waals surface area contributed by atoms with E-state index < -0.39 is 24.3 Å². The SMILES string of the molecule is CC(C)c1ccccc1OCC(=O)OCC(=O)Nc1cccc(F)c1. The molecule has 0 heterocycles. The highest BCUT2D eigenvalue weighted by Crippen LogP contribution is 2.25. The lowest BCUT2D eigenvalue weighted by Crippen LogP contribution is -2.23. The van der Waals surface area contributed by atoms with E-state index in [0.29, 0.717) is 11.4 Å². The van der Waals surface area contributed by atoms with E-state index in [1.807, 2.05) is 32.0 Å². The number of carbonyl (C=O) groups is 2. The van der Waals surface area contributed by atoms with Crippen molar-refractivity contribution in [2.75, 3.05) is 18.5 Å². The van der Waals surface area contributed by atoms with Gasteiger partial charge in [0.2, 0.25) is 0 Å². The van der Waals surface area contributed by atoms with Crippen LogP contribution in [0.4, 0.5) is 10.1 Å². The number of nitrogens with one attached hydrogen (secondary N) is 1. The average molecular weight is 345 g/mol. The number of rotatable bonds is 7. The molecule has 25 heavy (non-hydrogen) atoms. The maximum Gasteiger partial charge on any atom is 0.344 e. The number of carbonyl (C=O) groups excluding carboxylic acids is 2. The zero-order valence-corrected chi connectivity index (χ0v) is 14.1. The third-order valence-corrected chi connectivity index (χ3v) is 3.36. The van der Waals surface area contributed by atoms with Gasteiger partial charge in [0, 0.05) is 5.69 Å². The van der Waals surface area contributed by atoms with Crippen LogP contribution < -0.4 is 10.1 Å². The molecule has 0 aliphatic heterocycles. The van der Waals surface area contributed by atoms with E-state index in [1.54, 1.807) is 6.07 Å². The van der Waals surface area contributed by atoms with Crippen LogP contribution in [0.2, 0.25) is 0 Å². The van der Waals surface area contributed by atoms with E-state index in [-0.39, 0.29) is 12.5 Å². The van der Waals surface area contributed by atoms with Gasteiger partial charge in [0.25, 0.3) is 5.91 Å². The van der Waals surface area contributed by atoms with Crippen LogP contribution >= 0.6 is 0 Å². The summed E-state index contributed by atoms with van der Waals surface area (Å²) in [7, 11) is 0. The summed E-state index contributed by atoms with van der Waals surface area (Å²) in [6, 6.07) is 12.9. The fourth-order valence-electron chi connectivity index (χ4n) is 2.18. The lowest BCUT2D eigenvalue weighted by atomic mass is 10.0. The summed E-state index contributed by atoms with van der Waals surface area (Å²) < 4.78 is 23.4. The molecular weight excluding hydrogens is 325 g/mol. The normalized spacial score (nSPS) is 10.4. The fourth-order valence-corrected chi connectivity index (χ4v) is 2.18. The predicted molar refractivity (Wildman–Crippen MR) is 92.0 cm³/mol. The molecule has 2 rings (SSSR count). The van der Waals surface area contributed by atoms with Gasteiger partial charge in [-0.25, -0.2) is 9.18 Å². The standard InChI is InChI=1S/C19H20FNO4/c1-13(2)16-8-3-4-9-17(16)24-12-19(23)25-11-18(22)21-15-7-5-6-14(20)10-15/h3-10,13H,11-12H2,1-2H3,(H,21,22). The number of para-hydroxylation sites is 1. The Morgan fingerprint density at radius 2 is 1.84 bits per heavy atom. The molecule has 0 spiro atoms. The molecule has 1 amide bonds. The molecular formula is C19H20FNO4. The highest BCUT2D eigenvalue weighted by molar-refractivity contribution is 5.92. The second-order valence-electron chi connectivity index (χ2n) is 5.70. The quantitative estimate of drug-likeness (QED) is 0.780. The maximum atomic E-state index is 13.0. The first kappa shape index (κ1) is 18.4. The van der Waals surface area contributed by atoms with Gasteiger partial charge in [0.05, 0.1) is 0 Å². The molecule has 0 unspecified atom stereocenters. The molecule has 0 fully saturated rings. The summed E-state index contributed by atoms with van der Waals surface area (Å²) in [6.07, 6.45) is 0. The van der Waals surface area contributed by atoms with Gasteiger partial charge in [-0.1, -0.05) is 38.1 Å². The Hall–Kier alpha value is -2.89. The highest BCUT2D eigenvalue weighted by atomic mass is 19.1. The lowest BCUT2D eigenvalue weighted by Gasteiger charge is -2.13. The summed E-state index contributed by atoms with van der Waals surface area (Å²) in [5.74, 6) is -0.815. The minimum atomic E-state index is -0.659. The number of anilines is 1. The Labute approximate surface area is 145 Å². The maximum absolute atomic E-state index is 13.0. The van der Waals surface area contributed by atoms with Crippen LogP contribution in [-0.2, 0) is 14.3 Å². The van der Waals surface area contributed by atoms with Crippen molar-refractivity contribution in [3.8, 4) is 5.75 Å². The Balaban J connectivity index is 1.78. The first-order chi connectivity index (χ1) is 12.0. The topological polar surface area (TPSA) is 64.6 Å². The van der Waals surface area contributed by atoms with E-state index in [2.05, 4.69) is 5.32 Å². The molecule has 2 aromatic carbocycles. The van der Waals surface area contributed by atoms with Crippen molar-refractivity contribution in [1.29, 1.82) is 0 Å². The number of halogens is 1. The predicted octanol–water partition coefficient (Wildman–Crippen LogP) is 3.51. The van der Waals surface area contributed by atoms with Crippen LogP contribution in [0.5, 0.6) is 5.75 Å². The lowest BCUT2D eigenvalue weighted by molar-refractivity contribution is -0.149. The minimum Gasteiger partial charge on any atom is -0.482 e. The summed E-state index contributed by atoms with van der Waals surface area (Å²) in [5.41, 5.74) is 1.28. The number of hydrogen-bond acceptors (Lipinski definition) is 4. The van der Waals surface area contributed by atoms with Crippen molar-refractivity contribution < 1.29 is 23.5 Å². The van der Waals surface area contributed by atoms with Gasteiger partial charge in [0.1, 0.15) is 11.6 Å². The second kappa shape index (κ2) is 8.82. The van der Waals surface area contributed by atoms with Crippen molar-refractivity contribution >= 4 is 17.6 Å². The summed E-state index contributed by atoms with van der Waals surface area (Å²) in [4.78, 5) is 23.4. The Morgan fingerprint density at radius 1 is 1.08 bits per heavy atom. The van der Waals surface area contributed by atoms with E-state index >= 15 is 0 Å². The molecule has 2 aromatic rings. The minimum absolute atomic E-state index is 0.254. The summed E-state index contributed by atoms with van der Waals surface area (Å²) >= 11 is 0. The first-order valence-electron chi connectivity index (χ1n) is 7.88. The van der Waals surface area contributed by atoms with Crippen LogP contribution in [0.1, 0.15) is 25.3 Å². The number of amides is 1. The zero-order valence-electron chi connectivity index (χ0n) is 14.1. The molecule has 0 saturated carbocycles. The second-order valence-corrected chi connectivity index (χ2v) is 5.70. The number of benzene rings is 2. The van der Waals surface area contributed by atoms with Gasteiger partial charge in [-0.15, -0.1) is 0 Å². The highest BCUT2D eigenvalue weighted by Gasteiger charge is 2.12. The third-order valence-electron chi connectivity index (χ3n) is 3.36. The van der Waals surface area contributed by atoms with Crippen molar-refractivity contribution in [1.82, 2.24) is 0 Å². The molecule has 0 bridgehead atoms. The molecule has 5 nitrogen and oxygen atoms in total. The van der Waals surface area contributed by atoms with Crippen LogP contribution in [0.15, 0.2) is 48.5 Å². The van der Waals surface area contributed by atoms with Gasteiger partial charge in [-0.3, -0.25) is 4.79 Å². The van der Waals surface area contributed by atoms with Crippen molar-refractivity contribution in [3.05, 3.63) is 59.9 Å². The molecule has 0 aliphatic rings. The van der Waals surface area contributed by atoms with Gasteiger partial charge >= 0.3 is 5.97 Å². The van der Waals surface area contributed by atoms with Crippen molar-refractivity contribution in [2.24, 2.45) is 0 Å². The first-order valence-corrected chi connectivity index (χ1v) is 7.88. The van der Waals surface area contributed by atoms with Crippen molar-refractivity contribution in [2.45, 2.75) is 19.8 Å². The number of esters is 1. The van der Waals surface area contributed by atoms with E-state index in [1.165, 1.54) is 24.3 Å². The van der Waals surface area contributed by atoms with Crippen LogP contribution in [0.25, 0.3) is 0 Å². The number of ether oxygens (including phenoxy) is 2. The van der Waals surface area contributed by atoms with E-state index in [9.17, 15) is 14.0 Å². The third kappa shape index (κ3) is 5.91. The average Bonchev–Trinajstić information content (AvgIpc) is 2.58. The number of hydrogen-bond donors (Lipinski definition) is 1.